The Morgan fingerprint density at radius 3 is 2.46 bits per heavy atom. The van der Waals surface area contributed by atoms with Crippen LogP contribution in [-0.2, 0) is 24.2 Å². The van der Waals surface area contributed by atoms with E-state index in [1.807, 2.05) is 31.2 Å². The van der Waals surface area contributed by atoms with Crippen LogP contribution in [0.3, 0.4) is 0 Å². The first kappa shape index (κ1) is 28.2. The molecule has 6 heteroatoms. The van der Waals surface area contributed by atoms with Gasteiger partial charge in [0.25, 0.3) is 0 Å². The number of ether oxygens (including phenoxy) is 2. The number of carbonyl (C=O) groups is 1. The Labute approximate surface area is 210 Å². The van der Waals surface area contributed by atoms with Gasteiger partial charge in [-0.15, -0.1) is 0 Å². The first-order valence-electron chi connectivity index (χ1n) is 12.6. The second-order valence-electron chi connectivity index (χ2n) is 8.88. The lowest BCUT2D eigenvalue weighted by atomic mass is 9.91. The number of rotatable bonds is 16. The highest BCUT2D eigenvalue weighted by atomic mass is 16.5. The van der Waals surface area contributed by atoms with Crippen LogP contribution in [0.25, 0.3) is 0 Å². The Balaban J connectivity index is 2.09. The Bertz CT molecular complexity index is 970. The van der Waals surface area contributed by atoms with E-state index in [2.05, 4.69) is 12.2 Å². The van der Waals surface area contributed by atoms with Gasteiger partial charge in [0.15, 0.2) is 28.8 Å². The van der Waals surface area contributed by atoms with Gasteiger partial charge >= 0.3 is 0 Å². The van der Waals surface area contributed by atoms with Crippen molar-refractivity contribution in [2.45, 2.75) is 65.3 Å². The summed E-state index contributed by atoms with van der Waals surface area (Å²) in [5.41, 5.74) is 2.85. The Morgan fingerprint density at radius 1 is 1.03 bits per heavy atom. The van der Waals surface area contributed by atoms with Crippen LogP contribution in [0, 0.1) is 5.92 Å². The molecule has 0 amide bonds. The number of aryl methyl sites for hydroxylation is 1. The molecule has 192 valence electrons. The van der Waals surface area contributed by atoms with E-state index in [1.165, 1.54) is 7.11 Å². The molecule has 2 rings (SSSR count). The molecule has 0 aliphatic rings. The van der Waals surface area contributed by atoms with Crippen LogP contribution in [0.4, 0.5) is 0 Å². The molecule has 2 aromatic carbocycles. The van der Waals surface area contributed by atoms with E-state index in [4.69, 9.17) is 9.47 Å². The summed E-state index contributed by atoms with van der Waals surface area (Å²) in [5.74, 6) is 1.47. The monoisotopic (exact) mass is 483 g/mol. The average Bonchev–Trinajstić information content (AvgIpc) is 2.86. The van der Waals surface area contributed by atoms with Crippen molar-refractivity contribution in [1.82, 2.24) is 5.32 Å². The summed E-state index contributed by atoms with van der Waals surface area (Å²) in [4.78, 5) is 12.6. The van der Waals surface area contributed by atoms with Crippen molar-refractivity contribution >= 4 is 5.78 Å². The minimum Gasteiger partial charge on any atom is -0.504 e. The molecule has 3 N–H and O–H groups in total. The number of methoxy groups -OCH3 is 2. The highest BCUT2D eigenvalue weighted by Gasteiger charge is 2.14. The molecular formula is C29H41NO5. The van der Waals surface area contributed by atoms with Crippen LogP contribution in [-0.4, -0.2) is 36.8 Å². The first-order chi connectivity index (χ1) is 16.9. The Morgan fingerprint density at radius 2 is 1.77 bits per heavy atom. The van der Waals surface area contributed by atoms with Crippen molar-refractivity contribution in [3.8, 4) is 23.0 Å². The standard InChI is InChI=1S/C29H41NO5/c1-5-7-8-9-21(16-23-17-24(20-30-6-2)29(33)28(19-23)35-4)10-13-25(31)14-11-22-12-15-26(32)27(18-22)34-3/h10,12-13,15,17-19,21,30,32-33H,5-9,11,14,16,20H2,1-4H3/t21-/m1/s1. The zero-order valence-electron chi connectivity index (χ0n) is 21.6. The Kier molecular flexibility index (Phi) is 12.2. The third kappa shape index (κ3) is 9.29. The molecular weight excluding hydrogens is 442 g/mol. The zero-order chi connectivity index (χ0) is 25.6. The fraction of sp³-hybridized carbons (Fsp3) is 0.483. The quantitative estimate of drug-likeness (QED) is 0.209. The smallest absolute Gasteiger partial charge is 0.162 e. The summed E-state index contributed by atoms with van der Waals surface area (Å²) < 4.78 is 10.6. The normalized spacial score (nSPS) is 12.1. The van der Waals surface area contributed by atoms with Crippen LogP contribution in [0.2, 0.25) is 0 Å². The number of unbranched alkanes of at least 4 members (excludes halogenated alkanes) is 2. The molecule has 0 aliphatic carbocycles. The number of hydrogen-bond acceptors (Lipinski definition) is 6. The number of phenols is 2. The van der Waals surface area contributed by atoms with Crippen LogP contribution in [0.15, 0.2) is 42.5 Å². The molecule has 0 radical (unpaired) electrons. The highest BCUT2D eigenvalue weighted by Crippen LogP contribution is 2.33. The van der Waals surface area contributed by atoms with Crippen molar-refractivity contribution in [2.75, 3.05) is 20.8 Å². The van der Waals surface area contributed by atoms with Crippen molar-refractivity contribution in [3.05, 3.63) is 59.2 Å². The van der Waals surface area contributed by atoms with E-state index in [0.29, 0.717) is 30.9 Å². The largest absolute Gasteiger partial charge is 0.504 e. The molecule has 0 spiro atoms. The lowest BCUT2D eigenvalue weighted by Crippen LogP contribution is -2.13. The fourth-order valence-corrected chi connectivity index (χ4v) is 4.09. The summed E-state index contributed by atoms with van der Waals surface area (Å²) in [7, 11) is 3.08. The van der Waals surface area contributed by atoms with E-state index < -0.39 is 0 Å². The lowest BCUT2D eigenvalue weighted by molar-refractivity contribution is -0.114. The summed E-state index contributed by atoms with van der Waals surface area (Å²) in [6.07, 6.45) is 9.92. The highest BCUT2D eigenvalue weighted by molar-refractivity contribution is 5.89. The van der Waals surface area contributed by atoms with E-state index in [-0.39, 0.29) is 23.2 Å². The predicted molar refractivity (Wildman–Crippen MR) is 141 cm³/mol. The number of carbonyl (C=O) groups excluding carboxylic acids is 1. The van der Waals surface area contributed by atoms with E-state index in [9.17, 15) is 15.0 Å². The lowest BCUT2D eigenvalue weighted by Gasteiger charge is -2.16. The number of allylic oxidation sites excluding steroid dienone is 2. The van der Waals surface area contributed by atoms with E-state index >= 15 is 0 Å². The molecule has 2 aromatic rings. The van der Waals surface area contributed by atoms with Gasteiger partial charge in [0.1, 0.15) is 0 Å². The summed E-state index contributed by atoms with van der Waals surface area (Å²) in [6, 6.07) is 9.09. The third-order valence-electron chi connectivity index (χ3n) is 6.13. The Hall–Kier alpha value is -2.99. The van der Waals surface area contributed by atoms with Gasteiger partial charge in [-0.05, 0) is 67.1 Å². The molecule has 1 atom stereocenters. The van der Waals surface area contributed by atoms with Crippen LogP contribution in [0.5, 0.6) is 23.0 Å². The number of ketones is 1. The topological polar surface area (TPSA) is 88.0 Å². The molecule has 0 saturated carbocycles. The minimum absolute atomic E-state index is 0.0775. The summed E-state index contributed by atoms with van der Waals surface area (Å²) in [6.45, 7) is 5.60. The molecule has 0 heterocycles. The van der Waals surface area contributed by atoms with Crippen molar-refractivity contribution in [1.29, 1.82) is 0 Å². The van der Waals surface area contributed by atoms with Crippen LogP contribution < -0.4 is 14.8 Å². The van der Waals surface area contributed by atoms with Crippen molar-refractivity contribution < 1.29 is 24.5 Å². The molecule has 0 unspecified atom stereocenters. The third-order valence-corrected chi connectivity index (χ3v) is 6.13. The van der Waals surface area contributed by atoms with Crippen LogP contribution in [0.1, 0.15) is 62.6 Å². The number of hydrogen-bond donors (Lipinski definition) is 3. The maximum atomic E-state index is 12.6. The number of nitrogens with one attached hydrogen (secondary N) is 1. The second-order valence-corrected chi connectivity index (χ2v) is 8.88. The van der Waals surface area contributed by atoms with Gasteiger partial charge in [0.05, 0.1) is 14.2 Å². The van der Waals surface area contributed by atoms with Gasteiger partial charge < -0.3 is 25.0 Å². The zero-order valence-corrected chi connectivity index (χ0v) is 21.6. The maximum Gasteiger partial charge on any atom is 0.162 e. The van der Waals surface area contributed by atoms with Crippen molar-refractivity contribution in [3.63, 3.8) is 0 Å². The second kappa shape index (κ2) is 15.1. The van der Waals surface area contributed by atoms with Gasteiger partial charge in [-0.1, -0.05) is 51.3 Å². The van der Waals surface area contributed by atoms with E-state index in [0.717, 1.165) is 55.3 Å². The van der Waals surface area contributed by atoms with E-state index in [1.54, 1.807) is 25.3 Å². The summed E-state index contributed by atoms with van der Waals surface area (Å²) >= 11 is 0. The number of aromatic hydroxyl groups is 2. The van der Waals surface area contributed by atoms with Gasteiger partial charge in [0.2, 0.25) is 0 Å². The van der Waals surface area contributed by atoms with Crippen molar-refractivity contribution in [2.24, 2.45) is 5.92 Å². The molecule has 0 bridgehead atoms. The molecule has 0 aliphatic heterocycles. The average molecular weight is 484 g/mol. The molecule has 0 aromatic heterocycles. The van der Waals surface area contributed by atoms with Gasteiger partial charge in [0, 0.05) is 18.5 Å². The van der Waals surface area contributed by atoms with Crippen LogP contribution >= 0.6 is 0 Å². The molecule has 0 saturated heterocycles. The van der Waals surface area contributed by atoms with Gasteiger partial charge in [-0.2, -0.15) is 0 Å². The SMILES string of the molecule is CCCCC[C@H](C=CC(=O)CCc1ccc(O)c(OC)c1)Cc1cc(CNCC)c(O)c(OC)c1. The van der Waals surface area contributed by atoms with Gasteiger partial charge in [-0.25, -0.2) is 0 Å². The molecule has 0 fully saturated rings. The number of phenolic OH excluding ortho intramolecular Hbond substituents is 2. The summed E-state index contributed by atoms with van der Waals surface area (Å²) in [5, 5.41) is 23.5. The molecule has 35 heavy (non-hydrogen) atoms. The minimum atomic E-state index is 0.0775. The fourth-order valence-electron chi connectivity index (χ4n) is 4.09. The maximum absolute atomic E-state index is 12.6. The number of benzene rings is 2. The molecule has 6 nitrogen and oxygen atoms in total. The van der Waals surface area contributed by atoms with Gasteiger partial charge in [-0.3, -0.25) is 4.79 Å². The first-order valence-corrected chi connectivity index (χ1v) is 12.6. The predicted octanol–water partition coefficient (Wildman–Crippen LogP) is 5.72.